The van der Waals surface area contributed by atoms with E-state index in [2.05, 4.69) is 5.32 Å². The molecule has 1 aliphatic rings. The standard InChI is InChI=1S/C15H21N3O2.ClH/c1-10(2)18-9-8-12(15(18)20)17-14(19)13(16)11-6-4-3-5-7-11;/h3-7,10,12-13H,8-9,16H2,1-2H3,(H,17,19);1H. The molecule has 0 bridgehead atoms. The summed E-state index contributed by atoms with van der Waals surface area (Å²) in [5, 5.41) is 2.76. The maximum atomic E-state index is 12.1. The summed E-state index contributed by atoms with van der Waals surface area (Å²) < 4.78 is 0. The van der Waals surface area contributed by atoms with Gasteiger partial charge in [-0.2, -0.15) is 0 Å². The van der Waals surface area contributed by atoms with E-state index in [0.717, 1.165) is 5.56 Å². The Morgan fingerprint density at radius 3 is 2.48 bits per heavy atom. The molecule has 2 unspecified atom stereocenters. The zero-order chi connectivity index (χ0) is 14.7. The Hall–Kier alpha value is -1.59. The van der Waals surface area contributed by atoms with Crippen LogP contribution in [0.2, 0.25) is 0 Å². The maximum Gasteiger partial charge on any atom is 0.245 e. The van der Waals surface area contributed by atoms with Crippen molar-refractivity contribution >= 4 is 24.2 Å². The van der Waals surface area contributed by atoms with E-state index in [4.69, 9.17) is 5.73 Å². The molecule has 1 aromatic carbocycles. The quantitative estimate of drug-likeness (QED) is 0.878. The molecule has 3 N–H and O–H groups in total. The largest absolute Gasteiger partial charge is 0.343 e. The van der Waals surface area contributed by atoms with Crippen molar-refractivity contribution in [3.63, 3.8) is 0 Å². The summed E-state index contributed by atoms with van der Waals surface area (Å²) in [7, 11) is 0. The van der Waals surface area contributed by atoms with Crippen molar-refractivity contribution < 1.29 is 9.59 Å². The van der Waals surface area contributed by atoms with Gasteiger partial charge in [0.05, 0.1) is 0 Å². The number of amides is 2. The van der Waals surface area contributed by atoms with Gasteiger partial charge in [-0.05, 0) is 25.8 Å². The van der Waals surface area contributed by atoms with E-state index in [1.54, 1.807) is 17.0 Å². The number of likely N-dealkylation sites (tertiary alicyclic amines) is 1. The van der Waals surface area contributed by atoms with Gasteiger partial charge in [-0.25, -0.2) is 0 Å². The van der Waals surface area contributed by atoms with Crippen LogP contribution in [0.5, 0.6) is 0 Å². The van der Waals surface area contributed by atoms with Crippen LogP contribution in [0, 0.1) is 0 Å². The minimum atomic E-state index is -0.739. The Morgan fingerprint density at radius 1 is 1.33 bits per heavy atom. The molecular weight excluding hydrogens is 290 g/mol. The minimum Gasteiger partial charge on any atom is -0.343 e. The van der Waals surface area contributed by atoms with Crippen LogP contribution in [0.15, 0.2) is 30.3 Å². The molecule has 2 amide bonds. The first-order valence-electron chi connectivity index (χ1n) is 6.92. The highest BCUT2D eigenvalue weighted by Crippen LogP contribution is 2.16. The normalized spacial score (nSPS) is 19.3. The number of nitrogens with one attached hydrogen (secondary N) is 1. The lowest BCUT2D eigenvalue weighted by molar-refractivity contribution is -0.134. The van der Waals surface area contributed by atoms with Gasteiger partial charge in [0.2, 0.25) is 11.8 Å². The Bertz CT molecular complexity index is 493. The third-order valence-electron chi connectivity index (χ3n) is 3.62. The molecule has 0 aliphatic carbocycles. The zero-order valence-electron chi connectivity index (χ0n) is 12.3. The number of rotatable bonds is 4. The van der Waals surface area contributed by atoms with Crippen molar-refractivity contribution in [2.24, 2.45) is 5.73 Å². The fourth-order valence-electron chi connectivity index (χ4n) is 2.42. The highest BCUT2D eigenvalue weighted by atomic mass is 35.5. The number of carbonyl (C=O) groups is 2. The van der Waals surface area contributed by atoms with Crippen molar-refractivity contribution in [1.29, 1.82) is 0 Å². The van der Waals surface area contributed by atoms with E-state index in [-0.39, 0.29) is 30.3 Å². The van der Waals surface area contributed by atoms with Crippen molar-refractivity contribution in [2.45, 2.75) is 38.4 Å². The summed E-state index contributed by atoms with van der Waals surface area (Å²) in [6.45, 7) is 4.62. The number of halogens is 1. The third kappa shape index (κ3) is 3.95. The number of nitrogens with zero attached hydrogens (tertiary/aromatic N) is 1. The van der Waals surface area contributed by atoms with Gasteiger partial charge < -0.3 is 16.0 Å². The van der Waals surface area contributed by atoms with Gasteiger partial charge in [-0.1, -0.05) is 30.3 Å². The summed E-state index contributed by atoms with van der Waals surface area (Å²) in [4.78, 5) is 26.0. The molecule has 0 saturated carbocycles. The number of carbonyl (C=O) groups excluding carboxylic acids is 2. The molecule has 0 spiro atoms. The van der Waals surface area contributed by atoms with Gasteiger partial charge in [0.1, 0.15) is 12.1 Å². The predicted molar refractivity (Wildman–Crippen MR) is 84.0 cm³/mol. The lowest BCUT2D eigenvalue weighted by atomic mass is 10.1. The van der Waals surface area contributed by atoms with Crippen molar-refractivity contribution in [1.82, 2.24) is 10.2 Å². The number of hydrogen-bond donors (Lipinski definition) is 2. The smallest absolute Gasteiger partial charge is 0.245 e. The molecular formula is C15H22ClN3O2. The van der Waals surface area contributed by atoms with Gasteiger partial charge in [0, 0.05) is 12.6 Å². The number of nitrogens with two attached hydrogens (primary N) is 1. The van der Waals surface area contributed by atoms with Crippen LogP contribution in [0.4, 0.5) is 0 Å². The molecule has 6 heteroatoms. The van der Waals surface area contributed by atoms with Crippen LogP contribution in [0.3, 0.4) is 0 Å². The van der Waals surface area contributed by atoms with E-state index in [9.17, 15) is 9.59 Å². The molecule has 0 aromatic heterocycles. The second-order valence-corrected chi connectivity index (χ2v) is 5.36. The Balaban J connectivity index is 0.00000220. The van der Waals surface area contributed by atoms with Crippen molar-refractivity contribution in [3.8, 4) is 0 Å². The molecule has 116 valence electrons. The van der Waals surface area contributed by atoms with Crippen molar-refractivity contribution in [2.75, 3.05) is 6.54 Å². The van der Waals surface area contributed by atoms with Gasteiger partial charge in [0.15, 0.2) is 0 Å². The predicted octanol–water partition coefficient (Wildman–Crippen LogP) is 1.23. The minimum absolute atomic E-state index is 0. The van der Waals surface area contributed by atoms with E-state index in [0.29, 0.717) is 13.0 Å². The molecule has 0 radical (unpaired) electrons. The fourth-order valence-corrected chi connectivity index (χ4v) is 2.42. The van der Waals surface area contributed by atoms with Crippen LogP contribution < -0.4 is 11.1 Å². The summed E-state index contributed by atoms with van der Waals surface area (Å²) >= 11 is 0. The van der Waals surface area contributed by atoms with Crippen LogP contribution >= 0.6 is 12.4 Å². The van der Waals surface area contributed by atoms with Crippen LogP contribution in [0.25, 0.3) is 0 Å². The van der Waals surface area contributed by atoms with Gasteiger partial charge in [0.25, 0.3) is 0 Å². The van der Waals surface area contributed by atoms with Gasteiger partial charge >= 0.3 is 0 Å². The summed E-state index contributed by atoms with van der Waals surface area (Å²) in [5.41, 5.74) is 6.67. The van der Waals surface area contributed by atoms with Crippen molar-refractivity contribution in [3.05, 3.63) is 35.9 Å². The first-order valence-corrected chi connectivity index (χ1v) is 6.92. The second-order valence-electron chi connectivity index (χ2n) is 5.36. The first-order chi connectivity index (χ1) is 9.50. The molecule has 1 aromatic rings. The lowest BCUT2D eigenvalue weighted by Crippen LogP contribution is -2.46. The molecule has 1 fully saturated rings. The average Bonchev–Trinajstić information content (AvgIpc) is 2.80. The highest BCUT2D eigenvalue weighted by Gasteiger charge is 2.34. The maximum absolute atomic E-state index is 12.1. The monoisotopic (exact) mass is 311 g/mol. The van der Waals surface area contributed by atoms with E-state index < -0.39 is 12.1 Å². The number of benzene rings is 1. The molecule has 2 atom stereocenters. The molecule has 1 aliphatic heterocycles. The third-order valence-corrected chi connectivity index (χ3v) is 3.62. The highest BCUT2D eigenvalue weighted by molar-refractivity contribution is 5.91. The van der Waals surface area contributed by atoms with Crippen LogP contribution in [-0.2, 0) is 9.59 Å². The Kier molecular flexibility index (Phi) is 6.18. The van der Waals surface area contributed by atoms with Crippen LogP contribution in [-0.4, -0.2) is 35.3 Å². The SMILES string of the molecule is CC(C)N1CCC(NC(=O)C(N)c2ccccc2)C1=O.Cl. The van der Waals surface area contributed by atoms with E-state index in [1.165, 1.54) is 0 Å². The van der Waals surface area contributed by atoms with E-state index in [1.807, 2.05) is 32.0 Å². The molecule has 2 rings (SSSR count). The first kappa shape index (κ1) is 17.5. The van der Waals surface area contributed by atoms with E-state index >= 15 is 0 Å². The van der Waals surface area contributed by atoms with Crippen LogP contribution in [0.1, 0.15) is 31.9 Å². The molecule has 21 heavy (non-hydrogen) atoms. The summed E-state index contributed by atoms with van der Waals surface area (Å²) in [6, 6.07) is 8.13. The second kappa shape index (κ2) is 7.43. The average molecular weight is 312 g/mol. The van der Waals surface area contributed by atoms with Gasteiger partial charge in [-0.15, -0.1) is 12.4 Å². The molecule has 1 heterocycles. The lowest BCUT2D eigenvalue weighted by Gasteiger charge is -2.21. The Morgan fingerprint density at radius 2 is 1.95 bits per heavy atom. The molecule has 1 saturated heterocycles. The molecule has 5 nitrogen and oxygen atoms in total. The summed E-state index contributed by atoms with van der Waals surface area (Å²) in [5.74, 6) is -0.325. The Labute approximate surface area is 131 Å². The topological polar surface area (TPSA) is 75.4 Å². The van der Waals surface area contributed by atoms with Gasteiger partial charge in [-0.3, -0.25) is 9.59 Å². The zero-order valence-corrected chi connectivity index (χ0v) is 13.1. The fraction of sp³-hybridized carbons (Fsp3) is 0.467. The summed E-state index contributed by atoms with van der Waals surface area (Å²) in [6.07, 6.45) is 0.643. The number of hydrogen-bond acceptors (Lipinski definition) is 3.